The highest BCUT2D eigenvalue weighted by atomic mass is 31.2. The van der Waals surface area contributed by atoms with Gasteiger partial charge in [-0.1, -0.05) is 326 Å². The summed E-state index contributed by atoms with van der Waals surface area (Å²) in [5.74, 6) is -0.810. The van der Waals surface area contributed by atoms with Gasteiger partial charge in [-0.2, -0.15) is 0 Å². The minimum Gasteiger partial charge on any atom is -0.756 e. The molecule has 0 N–H and O–H groups in total. The van der Waals surface area contributed by atoms with Crippen LogP contribution in [0.3, 0.4) is 0 Å². The Morgan fingerprint density at radius 1 is 0.383 bits per heavy atom. The lowest BCUT2D eigenvalue weighted by molar-refractivity contribution is -0.870. The molecule has 0 saturated carbocycles. The van der Waals surface area contributed by atoms with Gasteiger partial charge in [0.25, 0.3) is 7.82 Å². The number of carbonyl (C=O) groups excluding carboxylic acids is 2. The number of likely N-dealkylation sites (N-methyl/N-ethyl adjacent to an activating group) is 1. The number of quaternary nitrogens is 1. The maximum absolute atomic E-state index is 12.8. The number of phosphoric ester groups is 1. The second-order valence-corrected chi connectivity index (χ2v) is 26.7. The fourth-order valence-corrected chi connectivity index (χ4v) is 11.2. The van der Waals surface area contributed by atoms with Crippen molar-refractivity contribution in [3.63, 3.8) is 0 Å². The minimum atomic E-state index is -4.63. The van der Waals surface area contributed by atoms with E-state index < -0.39 is 26.5 Å². The molecule has 0 aromatic carbocycles. The number of rotatable bonds is 66. The lowest BCUT2D eigenvalue weighted by atomic mass is 10.0. The fraction of sp³-hybridized carbons (Fsp3) is 0.887. The first-order valence-corrected chi connectivity index (χ1v) is 36.7. The van der Waals surface area contributed by atoms with Crippen molar-refractivity contribution in [3.05, 3.63) is 36.5 Å². The molecule has 0 radical (unpaired) electrons. The zero-order valence-corrected chi connectivity index (χ0v) is 55.4. The van der Waals surface area contributed by atoms with Gasteiger partial charge in [-0.15, -0.1) is 0 Å². The number of hydrogen-bond donors (Lipinski definition) is 0. The van der Waals surface area contributed by atoms with Crippen molar-refractivity contribution >= 4 is 19.8 Å². The Kier molecular flexibility index (Phi) is 61.4. The molecule has 81 heavy (non-hydrogen) atoms. The average molecular weight is 1160 g/mol. The first-order chi connectivity index (χ1) is 39.5. The summed E-state index contributed by atoms with van der Waals surface area (Å²) in [6.07, 6.45) is 79.5. The normalized spacial score (nSPS) is 13.3. The third-order valence-corrected chi connectivity index (χ3v) is 16.9. The molecule has 2 atom stereocenters. The van der Waals surface area contributed by atoms with Crippen molar-refractivity contribution in [3.8, 4) is 0 Å². The lowest BCUT2D eigenvalue weighted by Crippen LogP contribution is -2.37. The van der Waals surface area contributed by atoms with E-state index in [1.807, 2.05) is 21.1 Å². The summed E-state index contributed by atoms with van der Waals surface area (Å²) >= 11 is 0. The second-order valence-electron chi connectivity index (χ2n) is 25.3. The van der Waals surface area contributed by atoms with E-state index in [4.69, 9.17) is 18.5 Å². The summed E-state index contributed by atoms with van der Waals surface area (Å²) in [6.45, 7) is 4.29. The first-order valence-electron chi connectivity index (χ1n) is 35.2. The van der Waals surface area contributed by atoms with E-state index in [1.54, 1.807) is 0 Å². The van der Waals surface area contributed by atoms with Crippen LogP contribution in [0.15, 0.2) is 36.5 Å². The van der Waals surface area contributed by atoms with Gasteiger partial charge in [-0.25, -0.2) is 0 Å². The maximum atomic E-state index is 12.8. The number of unbranched alkanes of at least 4 members (excludes halogenated alkanes) is 46. The molecule has 0 aliphatic rings. The maximum Gasteiger partial charge on any atom is 0.306 e. The molecule has 0 spiro atoms. The molecule has 0 aromatic rings. The van der Waals surface area contributed by atoms with Crippen LogP contribution in [0.2, 0.25) is 0 Å². The second kappa shape index (κ2) is 62.8. The van der Waals surface area contributed by atoms with Crippen molar-refractivity contribution in [1.29, 1.82) is 0 Å². The number of esters is 2. The molecule has 10 heteroatoms. The Morgan fingerprint density at radius 2 is 0.667 bits per heavy atom. The van der Waals surface area contributed by atoms with Crippen LogP contribution in [-0.2, 0) is 32.7 Å². The first kappa shape index (κ1) is 79.2. The van der Waals surface area contributed by atoms with Gasteiger partial charge < -0.3 is 27.9 Å². The Balaban J connectivity index is 3.90. The molecule has 0 rings (SSSR count). The smallest absolute Gasteiger partial charge is 0.306 e. The zero-order chi connectivity index (χ0) is 59.1. The Labute approximate surface area is 503 Å². The molecule has 0 aromatic heterocycles. The number of allylic oxidation sites excluding steroid dienone is 6. The molecular weight excluding hydrogens is 1030 g/mol. The van der Waals surface area contributed by atoms with E-state index in [0.717, 1.165) is 44.9 Å². The molecule has 478 valence electrons. The van der Waals surface area contributed by atoms with Crippen LogP contribution in [0.25, 0.3) is 0 Å². The minimum absolute atomic E-state index is 0.0269. The van der Waals surface area contributed by atoms with Gasteiger partial charge in [0.05, 0.1) is 27.7 Å². The van der Waals surface area contributed by atoms with Crippen LogP contribution in [-0.4, -0.2) is 70.0 Å². The molecule has 9 nitrogen and oxygen atoms in total. The van der Waals surface area contributed by atoms with Crippen LogP contribution < -0.4 is 4.89 Å². The lowest BCUT2D eigenvalue weighted by Gasteiger charge is -2.28. The van der Waals surface area contributed by atoms with Crippen molar-refractivity contribution in [2.45, 2.75) is 360 Å². The summed E-state index contributed by atoms with van der Waals surface area (Å²) in [6, 6.07) is 0. The largest absolute Gasteiger partial charge is 0.756 e. The Bertz CT molecular complexity index is 1460. The van der Waals surface area contributed by atoms with Gasteiger partial charge in [-0.3, -0.25) is 14.2 Å². The zero-order valence-electron chi connectivity index (χ0n) is 54.5. The van der Waals surface area contributed by atoms with Crippen molar-refractivity contribution in [2.75, 3.05) is 47.5 Å². The summed E-state index contributed by atoms with van der Waals surface area (Å²) in [7, 11) is 1.19. The molecular formula is C71H136NO8P. The highest BCUT2D eigenvalue weighted by Crippen LogP contribution is 2.38. The number of carbonyl (C=O) groups is 2. The van der Waals surface area contributed by atoms with Gasteiger partial charge >= 0.3 is 11.9 Å². The van der Waals surface area contributed by atoms with E-state index in [-0.39, 0.29) is 32.0 Å². The molecule has 0 fully saturated rings. The summed E-state index contributed by atoms with van der Waals surface area (Å²) in [5.41, 5.74) is 0. The molecule has 0 bridgehead atoms. The van der Waals surface area contributed by atoms with Crippen molar-refractivity contribution in [2.24, 2.45) is 0 Å². The number of nitrogens with zero attached hydrogens (tertiary/aromatic N) is 1. The van der Waals surface area contributed by atoms with E-state index in [2.05, 4.69) is 50.3 Å². The van der Waals surface area contributed by atoms with Crippen LogP contribution in [0.5, 0.6) is 0 Å². The van der Waals surface area contributed by atoms with E-state index in [0.29, 0.717) is 17.4 Å². The molecule has 0 heterocycles. The fourth-order valence-electron chi connectivity index (χ4n) is 10.5. The summed E-state index contributed by atoms with van der Waals surface area (Å²) in [4.78, 5) is 38.0. The molecule has 0 saturated heterocycles. The van der Waals surface area contributed by atoms with Gasteiger partial charge in [-0.05, 0) is 51.4 Å². The van der Waals surface area contributed by atoms with Gasteiger partial charge in [0.2, 0.25) is 0 Å². The number of phosphoric acid groups is 1. The summed E-state index contributed by atoms with van der Waals surface area (Å²) in [5, 5.41) is 0. The molecule has 0 aliphatic carbocycles. The van der Waals surface area contributed by atoms with Crippen molar-refractivity contribution in [1.82, 2.24) is 0 Å². The topological polar surface area (TPSA) is 111 Å². The van der Waals surface area contributed by atoms with Crippen LogP contribution >= 0.6 is 7.82 Å². The Morgan fingerprint density at radius 3 is 0.988 bits per heavy atom. The molecule has 0 amide bonds. The highest BCUT2D eigenvalue weighted by molar-refractivity contribution is 7.45. The molecule has 0 aliphatic heterocycles. The standard InChI is InChI=1S/C71H136NO8P/c1-6-8-10-12-14-16-18-20-22-24-26-27-28-29-30-31-32-33-34-35-36-37-38-39-40-41-42-43-44-45-46-48-50-52-54-56-58-60-62-64-71(74)80-69(68-79-81(75,76)78-66-65-72(3,4)5)67-77-70(73)63-61-59-57-55-53-51-49-47-25-23-21-19-17-15-13-11-9-7-2/h18,20,24,26,28-29,69H,6-17,19,21-23,25,27,30-68H2,1-5H3/b20-18-,26-24-,29-28-. The van der Waals surface area contributed by atoms with Gasteiger partial charge in [0, 0.05) is 12.8 Å². The monoisotopic (exact) mass is 1160 g/mol. The van der Waals surface area contributed by atoms with Crippen LogP contribution in [0.1, 0.15) is 354 Å². The quantitative estimate of drug-likeness (QED) is 0.0195. The van der Waals surface area contributed by atoms with Crippen LogP contribution in [0, 0.1) is 0 Å². The molecule has 2 unspecified atom stereocenters. The third-order valence-electron chi connectivity index (χ3n) is 15.9. The Hall–Kier alpha value is -1.77. The number of ether oxygens (including phenoxy) is 2. The van der Waals surface area contributed by atoms with E-state index >= 15 is 0 Å². The highest BCUT2D eigenvalue weighted by Gasteiger charge is 2.22. The average Bonchev–Trinajstić information content (AvgIpc) is 3.43. The van der Waals surface area contributed by atoms with Gasteiger partial charge in [0.15, 0.2) is 6.10 Å². The summed E-state index contributed by atoms with van der Waals surface area (Å²) < 4.78 is 34.3. The van der Waals surface area contributed by atoms with Gasteiger partial charge in [0.1, 0.15) is 19.8 Å². The van der Waals surface area contributed by atoms with Crippen molar-refractivity contribution < 1.29 is 42.1 Å². The SMILES string of the molecule is CCCCCCC/C=C\C/C=C\C/C=C\CCCCCCCCCCCCCCCCCCCCCCCCCCC(=O)OC(COC(=O)CCCCCCCCCCCCCCCCCCCC)COP(=O)([O-])OCC[N+](C)(C)C. The predicted octanol–water partition coefficient (Wildman–Crippen LogP) is 22.0. The number of hydrogen-bond acceptors (Lipinski definition) is 8. The third kappa shape index (κ3) is 67.2. The van der Waals surface area contributed by atoms with E-state index in [9.17, 15) is 19.0 Å². The van der Waals surface area contributed by atoms with E-state index in [1.165, 1.54) is 276 Å². The van der Waals surface area contributed by atoms with Crippen LogP contribution in [0.4, 0.5) is 0 Å². The predicted molar refractivity (Wildman–Crippen MR) is 347 cm³/mol.